The van der Waals surface area contributed by atoms with Gasteiger partial charge < -0.3 is 15.5 Å². The minimum absolute atomic E-state index is 0.0977. The van der Waals surface area contributed by atoms with Crippen LogP contribution in [0, 0.1) is 10.1 Å². The van der Waals surface area contributed by atoms with Crippen molar-refractivity contribution in [2.45, 2.75) is 6.54 Å². The lowest BCUT2D eigenvalue weighted by molar-refractivity contribution is -0.384. The summed E-state index contributed by atoms with van der Waals surface area (Å²) < 4.78 is 0. The van der Waals surface area contributed by atoms with Gasteiger partial charge in [0.15, 0.2) is 0 Å². The first-order chi connectivity index (χ1) is 14.8. The summed E-state index contributed by atoms with van der Waals surface area (Å²) in [5, 5.41) is 16.3. The van der Waals surface area contributed by atoms with E-state index in [0.717, 1.165) is 5.56 Å². The summed E-state index contributed by atoms with van der Waals surface area (Å²) in [6, 6.07) is 14.0. The molecule has 1 heterocycles. The summed E-state index contributed by atoms with van der Waals surface area (Å²) in [6.45, 7) is 0.318. The molecule has 0 aliphatic heterocycles. The Morgan fingerprint density at radius 1 is 1.06 bits per heavy atom. The maximum atomic E-state index is 12.8. The molecule has 31 heavy (non-hydrogen) atoms. The van der Waals surface area contributed by atoms with Crippen LogP contribution in [0.25, 0.3) is 0 Å². The van der Waals surface area contributed by atoms with Gasteiger partial charge in [-0.05, 0) is 42.0 Å². The van der Waals surface area contributed by atoms with Crippen molar-refractivity contribution >= 4 is 28.9 Å². The van der Waals surface area contributed by atoms with Crippen LogP contribution in [0.5, 0.6) is 0 Å². The standard InChI is InChI=1S/C22H21N5O4/c1-26(2)20-10-7-17(25-21(28)16-5-8-18(9-6-16)27(30)31)12-19(20)22(29)24-14-15-4-3-11-23-13-15/h3-13H,14H2,1-2H3,(H,24,29)(H,25,28). The molecular formula is C22H21N5O4. The summed E-state index contributed by atoms with van der Waals surface area (Å²) in [6.07, 6.45) is 3.33. The van der Waals surface area contributed by atoms with Crippen molar-refractivity contribution in [2.24, 2.45) is 0 Å². The van der Waals surface area contributed by atoms with Crippen LogP contribution in [-0.4, -0.2) is 35.8 Å². The van der Waals surface area contributed by atoms with Crippen molar-refractivity contribution < 1.29 is 14.5 Å². The van der Waals surface area contributed by atoms with Crippen molar-refractivity contribution in [3.05, 3.63) is 93.8 Å². The number of non-ortho nitro benzene ring substituents is 1. The third-order valence-electron chi connectivity index (χ3n) is 4.50. The number of hydrogen-bond acceptors (Lipinski definition) is 6. The van der Waals surface area contributed by atoms with Crippen LogP contribution >= 0.6 is 0 Å². The van der Waals surface area contributed by atoms with Crippen molar-refractivity contribution in [2.75, 3.05) is 24.3 Å². The number of hydrogen-bond donors (Lipinski definition) is 2. The van der Waals surface area contributed by atoms with E-state index >= 15 is 0 Å². The Balaban J connectivity index is 1.77. The topological polar surface area (TPSA) is 117 Å². The van der Waals surface area contributed by atoms with E-state index in [9.17, 15) is 19.7 Å². The van der Waals surface area contributed by atoms with Gasteiger partial charge in [-0.3, -0.25) is 24.7 Å². The number of benzene rings is 2. The third-order valence-corrected chi connectivity index (χ3v) is 4.50. The molecule has 1 aromatic heterocycles. The zero-order chi connectivity index (χ0) is 22.4. The van der Waals surface area contributed by atoms with Gasteiger partial charge in [0.05, 0.1) is 10.5 Å². The van der Waals surface area contributed by atoms with Crippen LogP contribution in [0.4, 0.5) is 17.1 Å². The monoisotopic (exact) mass is 419 g/mol. The maximum absolute atomic E-state index is 12.8. The largest absolute Gasteiger partial charge is 0.377 e. The lowest BCUT2D eigenvalue weighted by Gasteiger charge is -2.18. The first-order valence-corrected chi connectivity index (χ1v) is 9.39. The fourth-order valence-corrected chi connectivity index (χ4v) is 2.90. The van der Waals surface area contributed by atoms with Crippen LogP contribution < -0.4 is 15.5 Å². The first-order valence-electron chi connectivity index (χ1n) is 9.39. The second-order valence-electron chi connectivity index (χ2n) is 6.93. The Bertz CT molecular complexity index is 1100. The summed E-state index contributed by atoms with van der Waals surface area (Å²) in [4.78, 5) is 41.4. The molecule has 0 aliphatic carbocycles. The number of pyridine rings is 1. The predicted molar refractivity (Wildman–Crippen MR) is 117 cm³/mol. The van der Waals surface area contributed by atoms with Gasteiger partial charge in [-0.1, -0.05) is 6.07 Å². The minimum Gasteiger partial charge on any atom is -0.377 e. The van der Waals surface area contributed by atoms with Crippen LogP contribution in [0.2, 0.25) is 0 Å². The van der Waals surface area contributed by atoms with Gasteiger partial charge >= 0.3 is 0 Å². The van der Waals surface area contributed by atoms with Gasteiger partial charge in [-0.25, -0.2) is 0 Å². The lowest BCUT2D eigenvalue weighted by atomic mass is 10.1. The number of aromatic nitrogens is 1. The van der Waals surface area contributed by atoms with Crippen LogP contribution in [0.1, 0.15) is 26.3 Å². The van der Waals surface area contributed by atoms with E-state index in [1.54, 1.807) is 41.6 Å². The van der Waals surface area contributed by atoms with E-state index in [1.165, 1.54) is 24.3 Å². The number of carbonyl (C=O) groups excluding carboxylic acids is 2. The molecule has 9 heteroatoms. The van der Waals surface area contributed by atoms with E-state index in [2.05, 4.69) is 15.6 Å². The molecular weight excluding hydrogens is 398 g/mol. The normalized spacial score (nSPS) is 10.3. The van der Waals surface area contributed by atoms with Crippen molar-refractivity contribution in [3.63, 3.8) is 0 Å². The molecule has 9 nitrogen and oxygen atoms in total. The molecule has 2 aromatic carbocycles. The fourth-order valence-electron chi connectivity index (χ4n) is 2.90. The highest BCUT2D eigenvalue weighted by Crippen LogP contribution is 2.24. The maximum Gasteiger partial charge on any atom is 0.269 e. The highest BCUT2D eigenvalue weighted by Gasteiger charge is 2.16. The molecule has 0 saturated carbocycles. The molecule has 0 spiro atoms. The summed E-state index contributed by atoms with van der Waals surface area (Å²) >= 11 is 0. The number of anilines is 2. The molecule has 0 saturated heterocycles. The molecule has 0 fully saturated rings. The predicted octanol–water partition coefficient (Wildman–Crippen LogP) is 3.24. The second kappa shape index (κ2) is 9.49. The summed E-state index contributed by atoms with van der Waals surface area (Å²) in [5.74, 6) is -0.729. The van der Waals surface area contributed by atoms with E-state index in [-0.39, 0.29) is 17.2 Å². The fraction of sp³-hybridized carbons (Fsp3) is 0.136. The number of nitrogens with one attached hydrogen (secondary N) is 2. The van der Waals surface area contributed by atoms with E-state index in [0.29, 0.717) is 23.5 Å². The number of carbonyl (C=O) groups is 2. The van der Waals surface area contributed by atoms with Crippen molar-refractivity contribution in [1.29, 1.82) is 0 Å². The molecule has 0 unspecified atom stereocenters. The Morgan fingerprint density at radius 3 is 2.42 bits per heavy atom. The van der Waals surface area contributed by atoms with Gasteiger partial charge in [0.2, 0.25) is 0 Å². The summed E-state index contributed by atoms with van der Waals surface area (Å²) in [7, 11) is 3.64. The average Bonchev–Trinajstić information content (AvgIpc) is 2.78. The summed E-state index contributed by atoms with van der Waals surface area (Å²) in [5.41, 5.74) is 2.56. The highest BCUT2D eigenvalue weighted by atomic mass is 16.6. The molecule has 0 atom stereocenters. The molecule has 3 rings (SSSR count). The number of nitro benzene ring substituents is 1. The van der Waals surface area contributed by atoms with Crippen LogP contribution in [-0.2, 0) is 6.54 Å². The average molecular weight is 419 g/mol. The smallest absolute Gasteiger partial charge is 0.269 e. The number of nitrogens with zero attached hydrogens (tertiary/aromatic N) is 3. The number of amides is 2. The van der Waals surface area contributed by atoms with Crippen LogP contribution in [0.3, 0.4) is 0 Å². The molecule has 2 N–H and O–H groups in total. The lowest BCUT2D eigenvalue weighted by Crippen LogP contribution is -2.25. The molecule has 0 aliphatic rings. The zero-order valence-electron chi connectivity index (χ0n) is 17.0. The Labute approximate surface area is 178 Å². The zero-order valence-corrected chi connectivity index (χ0v) is 17.0. The third kappa shape index (κ3) is 5.41. The number of rotatable bonds is 7. The SMILES string of the molecule is CN(C)c1ccc(NC(=O)c2ccc([N+](=O)[O-])cc2)cc1C(=O)NCc1cccnc1. The van der Waals surface area contributed by atoms with Crippen molar-refractivity contribution in [1.82, 2.24) is 10.3 Å². The molecule has 3 aromatic rings. The highest BCUT2D eigenvalue weighted by molar-refractivity contribution is 6.06. The Kier molecular flexibility index (Phi) is 6.56. The van der Waals surface area contributed by atoms with Gasteiger partial charge in [-0.15, -0.1) is 0 Å². The number of nitro groups is 1. The molecule has 158 valence electrons. The van der Waals surface area contributed by atoms with Gasteiger partial charge in [-0.2, -0.15) is 0 Å². The van der Waals surface area contributed by atoms with Crippen LogP contribution in [0.15, 0.2) is 67.0 Å². The molecule has 2 amide bonds. The Morgan fingerprint density at radius 2 is 1.81 bits per heavy atom. The molecule has 0 radical (unpaired) electrons. The van der Waals surface area contributed by atoms with Gasteiger partial charge in [0, 0.05) is 62.1 Å². The molecule has 0 bridgehead atoms. The minimum atomic E-state index is -0.530. The van der Waals surface area contributed by atoms with E-state index < -0.39 is 10.8 Å². The van der Waals surface area contributed by atoms with Gasteiger partial charge in [0.25, 0.3) is 17.5 Å². The second-order valence-corrected chi connectivity index (χ2v) is 6.93. The van der Waals surface area contributed by atoms with Crippen molar-refractivity contribution in [3.8, 4) is 0 Å². The Hall–Kier alpha value is -4.27. The first kappa shape index (κ1) is 21.4. The van der Waals surface area contributed by atoms with E-state index in [1.807, 2.05) is 20.2 Å². The van der Waals surface area contributed by atoms with E-state index in [4.69, 9.17) is 0 Å². The van der Waals surface area contributed by atoms with Gasteiger partial charge in [0.1, 0.15) is 0 Å². The quantitative estimate of drug-likeness (QED) is 0.448.